The molecular weight excluding hydrogens is 538 g/mol. The molecule has 7 nitrogen and oxygen atoms in total. The zero-order chi connectivity index (χ0) is 28.4. The third kappa shape index (κ3) is 3.69. The van der Waals surface area contributed by atoms with E-state index in [1.54, 1.807) is 40.7 Å². The van der Waals surface area contributed by atoms with Gasteiger partial charge in [0.1, 0.15) is 6.17 Å². The first-order valence-corrected chi connectivity index (χ1v) is 14.0. The Morgan fingerprint density at radius 1 is 1.18 bits per heavy atom. The van der Waals surface area contributed by atoms with Crippen LogP contribution in [0.4, 0.5) is 4.39 Å². The molecule has 10 heteroatoms. The van der Waals surface area contributed by atoms with E-state index in [1.807, 2.05) is 0 Å². The van der Waals surface area contributed by atoms with Crippen LogP contribution in [0.2, 0.25) is 0 Å². The zero-order valence-electron chi connectivity index (χ0n) is 22.3. The van der Waals surface area contributed by atoms with E-state index in [1.165, 1.54) is 12.2 Å². The van der Waals surface area contributed by atoms with E-state index in [4.69, 9.17) is 32.7 Å². The molecule has 0 aromatic rings. The molecule has 0 radical (unpaired) electrons. The van der Waals surface area contributed by atoms with Crippen molar-refractivity contribution in [3.8, 4) is 0 Å². The summed E-state index contributed by atoms with van der Waals surface area (Å²) in [4.78, 5) is 49.2. The van der Waals surface area contributed by atoms with Gasteiger partial charge in [-0.15, -0.1) is 23.2 Å². The lowest BCUT2D eigenvalue weighted by atomic mass is 9.45. The van der Waals surface area contributed by atoms with Crippen LogP contribution in [-0.2, 0) is 28.7 Å². The maximum Gasteiger partial charge on any atom is 0.306 e. The number of ketones is 2. The quantitative estimate of drug-likeness (QED) is 0.374. The summed E-state index contributed by atoms with van der Waals surface area (Å²) in [5, 5.41) is 10.6. The van der Waals surface area contributed by atoms with E-state index < -0.39 is 81.0 Å². The Kier molecular flexibility index (Phi) is 7.46. The molecule has 0 amide bonds. The smallest absolute Gasteiger partial charge is 0.306 e. The van der Waals surface area contributed by atoms with Crippen LogP contribution in [0.1, 0.15) is 60.3 Å². The first-order chi connectivity index (χ1) is 17.6. The molecule has 210 valence electrons. The van der Waals surface area contributed by atoms with Gasteiger partial charge in [0.05, 0.1) is 16.4 Å². The number of ether oxygens (including phenoxy) is 2. The summed E-state index contributed by atoms with van der Waals surface area (Å²) in [6, 6.07) is 0. The highest BCUT2D eigenvalue weighted by atomic mass is 35.5. The second-order valence-corrected chi connectivity index (χ2v) is 12.7. The van der Waals surface area contributed by atoms with Crippen LogP contribution in [0.5, 0.6) is 0 Å². The van der Waals surface area contributed by atoms with Gasteiger partial charge >= 0.3 is 11.9 Å². The highest BCUT2D eigenvalue weighted by molar-refractivity contribution is 6.28. The second kappa shape index (κ2) is 9.70. The molecule has 0 bridgehead atoms. The van der Waals surface area contributed by atoms with E-state index in [0.717, 1.165) is 0 Å². The summed E-state index contributed by atoms with van der Waals surface area (Å²) < 4.78 is 27.2. The molecule has 38 heavy (non-hydrogen) atoms. The van der Waals surface area contributed by atoms with E-state index >= 15 is 4.39 Å². The molecule has 0 aromatic carbocycles. The molecule has 4 aliphatic carbocycles. The van der Waals surface area contributed by atoms with Crippen LogP contribution in [0.15, 0.2) is 23.8 Å². The van der Waals surface area contributed by atoms with Crippen LogP contribution < -0.4 is 0 Å². The van der Waals surface area contributed by atoms with Crippen molar-refractivity contribution in [2.24, 2.45) is 28.6 Å². The number of halogens is 3. The summed E-state index contributed by atoms with van der Waals surface area (Å²) in [7, 11) is 0. The van der Waals surface area contributed by atoms with E-state index in [-0.39, 0.29) is 30.6 Å². The predicted molar refractivity (Wildman–Crippen MR) is 138 cm³/mol. The van der Waals surface area contributed by atoms with Gasteiger partial charge in [0.15, 0.2) is 18.0 Å². The van der Waals surface area contributed by atoms with Gasteiger partial charge in [0, 0.05) is 35.5 Å². The van der Waals surface area contributed by atoms with Gasteiger partial charge in [0.25, 0.3) is 0 Å². The SMILES string of the molecule is CCC(=O)OCC(=O)[C@]1(OC(=O)CC)[C@H](C)C[C@H]2[C@@H]3[C@H](Cl)[C@@H](F)C4=CC(=O)C=C[C@]4(C)[C@@]3(Cl)[C@@H](O)C[C@@]21C. The maximum absolute atomic E-state index is 16.0. The number of hydrogen-bond donors (Lipinski definition) is 1. The first-order valence-electron chi connectivity index (χ1n) is 13.2. The number of rotatable bonds is 6. The normalized spacial score (nSPS) is 45.4. The number of aliphatic hydroxyl groups is 1. The van der Waals surface area contributed by atoms with Gasteiger partial charge < -0.3 is 14.6 Å². The minimum atomic E-state index is -1.75. The molecular formula is C28H35Cl2FO7. The minimum absolute atomic E-state index is 0.00158. The Bertz CT molecular complexity index is 1120. The van der Waals surface area contributed by atoms with Crippen LogP contribution in [0.3, 0.4) is 0 Å². The van der Waals surface area contributed by atoms with Crippen molar-refractivity contribution in [3.05, 3.63) is 23.8 Å². The Balaban J connectivity index is 1.87. The fourth-order valence-corrected chi connectivity index (χ4v) is 9.05. The highest BCUT2D eigenvalue weighted by Gasteiger charge is 2.78. The largest absolute Gasteiger partial charge is 0.457 e. The summed E-state index contributed by atoms with van der Waals surface area (Å²) in [6.07, 6.45) is 1.34. The van der Waals surface area contributed by atoms with Gasteiger partial charge in [-0.1, -0.05) is 40.7 Å². The molecule has 4 rings (SSSR count). The molecule has 3 fully saturated rings. The zero-order valence-corrected chi connectivity index (χ0v) is 23.8. The summed E-state index contributed by atoms with van der Waals surface area (Å²) in [6.45, 7) is 7.80. The third-order valence-corrected chi connectivity index (χ3v) is 11.2. The van der Waals surface area contributed by atoms with Gasteiger partial charge in [-0.3, -0.25) is 19.2 Å². The van der Waals surface area contributed by atoms with Gasteiger partial charge in [0.2, 0.25) is 5.78 Å². The molecule has 0 saturated heterocycles. The average Bonchev–Trinajstić information content (AvgIpc) is 3.08. The average molecular weight is 573 g/mol. The van der Waals surface area contributed by atoms with Gasteiger partial charge in [-0.25, -0.2) is 4.39 Å². The number of alkyl halides is 3. The van der Waals surface area contributed by atoms with Crippen molar-refractivity contribution in [2.45, 2.75) is 88.4 Å². The molecule has 0 unspecified atom stereocenters. The Morgan fingerprint density at radius 2 is 1.82 bits per heavy atom. The topological polar surface area (TPSA) is 107 Å². The number of allylic oxidation sites excluding steroid dienone is 4. The second-order valence-electron chi connectivity index (χ2n) is 11.6. The van der Waals surface area contributed by atoms with Crippen molar-refractivity contribution in [2.75, 3.05) is 6.61 Å². The molecule has 10 atom stereocenters. The number of carbonyl (C=O) groups excluding carboxylic acids is 4. The predicted octanol–water partition coefficient (Wildman–Crippen LogP) is 4.25. The van der Waals surface area contributed by atoms with Crippen LogP contribution in [0.25, 0.3) is 0 Å². The van der Waals surface area contributed by atoms with Crippen molar-refractivity contribution in [1.82, 2.24) is 0 Å². The number of fused-ring (bicyclic) bond motifs is 5. The lowest BCUT2D eigenvalue weighted by molar-refractivity contribution is -0.204. The summed E-state index contributed by atoms with van der Waals surface area (Å²) in [5.41, 5.74) is -4.06. The van der Waals surface area contributed by atoms with E-state index in [9.17, 15) is 24.3 Å². The molecule has 0 aliphatic heterocycles. The number of esters is 2. The molecule has 4 aliphatic rings. The van der Waals surface area contributed by atoms with Crippen molar-refractivity contribution >= 4 is 46.7 Å². The Labute approximate surface area is 232 Å². The molecule has 0 spiro atoms. The van der Waals surface area contributed by atoms with Gasteiger partial charge in [-0.2, -0.15) is 0 Å². The lowest BCUT2D eigenvalue weighted by Crippen LogP contribution is -2.73. The fraction of sp³-hybridized carbons (Fsp3) is 0.714. The summed E-state index contributed by atoms with van der Waals surface area (Å²) in [5.74, 6) is -4.14. The van der Waals surface area contributed by atoms with Crippen molar-refractivity contribution < 1.29 is 38.1 Å². The first kappa shape index (κ1) is 29.2. The number of Topliss-reactive ketones (excluding diaryl/α,β-unsaturated/α-hetero) is 1. The molecule has 0 aromatic heterocycles. The monoisotopic (exact) mass is 572 g/mol. The molecule has 1 N–H and O–H groups in total. The van der Waals surface area contributed by atoms with Crippen LogP contribution in [0, 0.1) is 28.6 Å². The lowest BCUT2D eigenvalue weighted by Gasteiger charge is -2.65. The van der Waals surface area contributed by atoms with Crippen LogP contribution in [-0.4, -0.2) is 63.3 Å². The van der Waals surface area contributed by atoms with E-state index in [0.29, 0.717) is 6.42 Å². The Morgan fingerprint density at radius 3 is 2.42 bits per heavy atom. The molecule has 3 saturated carbocycles. The van der Waals surface area contributed by atoms with Crippen molar-refractivity contribution in [3.63, 3.8) is 0 Å². The number of carbonyl (C=O) groups is 4. The van der Waals surface area contributed by atoms with Crippen molar-refractivity contribution in [1.29, 1.82) is 0 Å². The number of hydrogen-bond acceptors (Lipinski definition) is 7. The van der Waals surface area contributed by atoms with Crippen LogP contribution >= 0.6 is 23.2 Å². The maximum atomic E-state index is 16.0. The highest BCUT2D eigenvalue weighted by Crippen LogP contribution is 2.72. The molecule has 0 heterocycles. The standard InChI is InChI=1S/C28H35Cl2FO7/c1-6-20(35)37-13-19(34)28(38-21(36)7-2)14(3)10-16-22-23(29)24(31)17-11-15(32)8-9-25(17,4)27(22,30)18(33)12-26(16,28)5/h8-9,11,14,16,18,22-24,33H,6-7,10,12-13H2,1-5H3/t14-,16+,18+,22-,23+,24+,25+,26+,27-,28-/m1/s1. The minimum Gasteiger partial charge on any atom is -0.457 e. The van der Waals surface area contributed by atoms with Gasteiger partial charge in [-0.05, 0) is 36.5 Å². The number of aliphatic hydroxyl groups excluding tert-OH is 1. The third-order valence-electron chi connectivity index (χ3n) is 9.81. The Hall–Kier alpha value is -1.77. The fourth-order valence-electron chi connectivity index (χ4n) is 7.94. The van der Waals surface area contributed by atoms with E-state index in [2.05, 4.69) is 0 Å². The summed E-state index contributed by atoms with van der Waals surface area (Å²) >= 11 is 14.2.